The number of pyridine rings is 2. The molecule has 2 aromatic carbocycles. The van der Waals surface area contributed by atoms with Gasteiger partial charge in [0.15, 0.2) is 23.1 Å². The highest BCUT2D eigenvalue weighted by molar-refractivity contribution is 5.79. The number of hydrogen-bond donors (Lipinski definition) is 4. The van der Waals surface area contributed by atoms with Gasteiger partial charge in [0.05, 0.1) is 45.2 Å². The maximum Gasteiger partial charge on any atom is 0.320 e. The van der Waals surface area contributed by atoms with Crippen molar-refractivity contribution in [1.29, 1.82) is 0 Å². The van der Waals surface area contributed by atoms with Gasteiger partial charge < -0.3 is 59.4 Å². The van der Waals surface area contributed by atoms with E-state index in [0.717, 1.165) is 108 Å². The van der Waals surface area contributed by atoms with Crippen molar-refractivity contribution in [3.05, 3.63) is 106 Å². The number of aromatic nitrogens is 2. The minimum Gasteiger partial charge on any atom is -0.505 e. The lowest BCUT2D eigenvalue weighted by Crippen LogP contribution is -2.36. The summed E-state index contributed by atoms with van der Waals surface area (Å²) in [6, 6.07) is 15.2. The molecule has 2 aromatic heterocycles. The Morgan fingerprint density at radius 3 is 1.56 bits per heavy atom. The third-order valence-corrected chi connectivity index (χ3v) is 13.7. The second-order valence-electron chi connectivity index (χ2n) is 18.8. The average Bonchev–Trinajstić information content (AvgIpc) is 4.23. The number of anilines is 2. The van der Waals surface area contributed by atoms with Crippen LogP contribution in [0.25, 0.3) is 0 Å². The van der Waals surface area contributed by atoms with Gasteiger partial charge >= 0.3 is 24.0 Å². The van der Waals surface area contributed by atoms with Crippen LogP contribution in [0.15, 0.2) is 60.7 Å². The van der Waals surface area contributed by atoms with Gasteiger partial charge in [0.25, 0.3) is 0 Å². The van der Waals surface area contributed by atoms with Crippen molar-refractivity contribution in [2.45, 2.75) is 110 Å². The van der Waals surface area contributed by atoms with E-state index in [1.54, 1.807) is 39.5 Å². The summed E-state index contributed by atoms with van der Waals surface area (Å²) in [5.41, 5.74) is 5.50. The molecular formula is C57H80F2N8O10. The quantitative estimate of drug-likeness (QED) is 0.0649. The number of esters is 2. The van der Waals surface area contributed by atoms with Crippen LogP contribution in [-0.2, 0) is 49.5 Å². The molecule has 20 heteroatoms. The summed E-state index contributed by atoms with van der Waals surface area (Å²) in [5, 5.41) is 23.2. The number of aliphatic hydroxyl groups excluding tert-OH is 1. The van der Waals surface area contributed by atoms with Crippen LogP contribution in [0.1, 0.15) is 118 Å². The molecule has 0 saturated carbocycles. The average molecular weight is 1080 g/mol. The third kappa shape index (κ3) is 17.4. The van der Waals surface area contributed by atoms with Crippen LogP contribution in [0.5, 0.6) is 11.5 Å². The van der Waals surface area contributed by atoms with E-state index >= 15 is 0 Å². The topological polar surface area (TPSA) is 208 Å². The number of aromatic hydroxyl groups is 1. The first-order chi connectivity index (χ1) is 37.0. The first kappa shape index (κ1) is 61.1. The molecule has 0 aliphatic carbocycles. The molecule has 0 bridgehead atoms. The van der Waals surface area contributed by atoms with E-state index in [2.05, 4.69) is 34.9 Å². The summed E-state index contributed by atoms with van der Waals surface area (Å²) < 4.78 is 48.6. The van der Waals surface area contributed by atoms with E-state index in [4.69, 9.17) is 34.0 Å². The molecule has 18 nitrogen and oxygen atoms in total. The lowest BCUT2D eigenvalue weighted by atomic mass is 10.0. The number of aryl methyl sites for hydroxylation is 4. The zero-order valence-electron chi connectivity index (χ0n) is 44.5. The zero-order chi connectivity index (χ0) is 54.4. The Labute approximate surface area is 452 Å². The molecule has 3 fully saturated rings. The molecule has 0 spiro atoms. The SMILES string of the molecule is C.C1CCOC1.CCOC(=O)C[C@@H](c1ccc(O)c(F)c1)N1CCN(CCCc2ccc3c(n2)NCCC3)C1=O.CCOC(=O)C[C@@H](c1ccc(OC)c(F)c1)N1CCN(CCCc2ccc3c(n2)NCCC3)C1=O.CO. The van der Waals surface area contributed by atoms with Crippen molar-refractivity contribution in [1.82, 2.24) is 29.6 Å². The molecule has 4 aromatic rings. The molecule has 3 saturated heterocycles. The van der Waals surface area contributed by atoms with Crippen molar-refractivity contribution in [3.8, 4) is 11.5 Å². The summed E-state index contributed by atoms with van der Waals surface area (Å²) in [5.74, 6) is -0.619. The number of fused-ring (bicyclic) bond motifs is 2. The summed E-state index contributed by atoms with van der Waals surface area (Å²) in [6.45, 7) is 10.9. The number of carbonyl (C=O) groups is 4. The van der Waals surface area contributed by atoms with Gasteiger partial charge in [-0.2, -0.15) is 0 Å². The fourth-order valence-corrected chi connectivity index (χ4v) is 9.82. The lowest BCUT2D eigenvalue weighted by molar-refractivity contribution is -0.145. The van der Waals surface area contributed by atoms with Gasteiger partial charge in [-0.25, -0.2) is 28.3 Å². The first-order valence-corrected chi connectivity index (χ1v) is 26.7. The highest BCUT2D eigenvalue weighted by Crippen LogP contribution is 2.33. The number of ether oxygens (including phenoxy) is 4. The van der Waals surface area contributed by atoms with E-state index in [9.17, 15) is 33.1 Å². The van der Waals surface area contributed by atoms with Crippen LogP contribution in [0.4, 0.5) is 30.0 Å². The zero-order valence-corrected chi connectivity index (χ0v) is 44.5. The van der Waals surface area contributed by atoms with Gasteiger partial charge in [0, 0.05) is 84.1 Å². The molecule has 2 atom stereocenters. The number of phenolic OH excluding ortho intramolecular Hbond substituents is 1. The fourth-order valence-electron chi connectivity index (χ4n) is 9.82. The van der Waals surface area contributed by atoms with Crippen LogP contribution in [0.3, 0.4) is 0 Å². The van der Waals surface area contributed by atoms with Crippen molar-refractivity contribution in [2.24, 2.45) is 0 Å². The van der Waals surface area contributed by atoms with Crippen LogP contribution in [-0.4, -0.2) is 157 Å². The molecule has 7 heterocycles. The van der Waals surface area contributed by atoms with Gasteiger partial charge in [-0.3, -0.25) is 9.59 Å². The van der Waals surface area contributed by atoms with E-state index in [1.165, 1.54) is 61.4 Å². The number of methoxy groups -OCH3 is 1. The number of rotatable bonds is 19. The van der Waals surface area contributed by atoms with Gasteiger partial charge in [-0.1, -0.05) is 31.7 Å². The Morgan fingerprint density at radius 1 is 0.675 bits per heavy atom. The number of nitrogens with one attached hydrogen (secondary N) is 2. The monoisotopic (exact) mass is 1070 g/mol. The molecule has 9 rings (SSSR count). The molecule has 4 amide bonds. The van der Waals surface area contributed by atoms with Crippen molar-refractivity contribution in [2.75, 3.05) is 104 Å². The number of amides is 4. The highest BCUT2D eigenvalue weighted by Gasteiger charge is 2.37. The molecule has 5 aliphatic heterocycles. The normalized spacial score (nSPS) is 16.1. The van der Waals surface area contributed by atoms with E-state index in [0.29, 0.717) is 50.4 Å². The second kappa shape index (κ2) is 31.4. The number of hydrogen-bond acceptors (Lipinski definition) is 14. The third-order valence-electron chi connectivity index (χ3n) is 13.7. The summed E-state index contributed by atoms with van der Waals surface area (Å²) in [6.07, 6.45) is 9.87. The largest absolute Gasteiger partial charge is 0.505 e. The fraction of sp³-hybridized carbons (Fsp3) is 0.544. The van der Waals surface area contributed by atoms with E-state index < -0.39 is 41.4 Å². The van der Waals surface area contributed by atoms with Gasteiger partial charge in [0.1, 0.15) is 11.6 Å². The summed E-state index contributed by atoms with van der Waals surface area (Å²) in [4.78, 5) is 67.2. The number of halogens is 2. The lowest BCUT2D eigenvalue weighted by Gasteiger charge is -2.28. The molecule has 0 unspecified atom stereocenters. The Balaban J connectivity index is 0.000000249. The maximum absolute atomic E-state index is 14.4. The van der Waals surface area contributed by atoms with Crippen LogP contribution in [0, 0.1) is 11.6 Å². The van der Waals surface area contributed by atoms with Gasteiger partial charge in [-0.15, -0.1) is 0 Å². The summed E-state index contributed by atoms with van der Waals surface area (Å²) >= 11 is 0. The standard InChI is InChI=1S/C26H33FN4O4.C25H31FN4O4.C4H8O.CH4O.CH4/c1-3-35-24(32)17-22(19-9-11-23(34-2)21(27)16-19)31-15-14-30(26(31)33)13-5-7-20-10-8-18-6-4-12-28-25(18)29-20;1-2-34-23(32)16-21(18-8-10-22(31)20(26)15-18)30-14-13-29(25(30)33)12-4-6-19-9-7-17-5-3-11-27-24(17)28-19;1-2-4-5-3-1;1-2;/h8-11,16,22H,3-7,12-15,17H2,1-2H3,(H,28,29);7-10,15,21,31H,2-6,11-14,16H2,1H3,(H,27,28);1-4H2;2H,1H3;1H4/t22-;21-;;;/m00.../s1. The number of carbonyl (C=O) groups excluding carboxylic acids is 4. The molecule has 0 radical (unpaired) electrons. The van der Waals surface area contributed by atoms with Crippen molar-refractivity contribution >= 4 is 35.6 Å². The minimum atomic E-state index is -0.790. The van der Waals surface area contributed by atoms with Crippen LogP contribution in [0.2, 0.25) is 0 Å². The Kier molecular flexibility index (Phi) is 24.9. The first-order valence-electron chi connectivity index (χ1n) is 26.7. The van der Waals surface area contributed by atoms with E-state index in [1.807, 2.05) is 0 Å². The van der Waals surface area contributed by atoms with Crippen molar-refractivity contribution < 1.29 is 57.1 Å². The number of phenols is 1. The Hall–Kier alpha value is -6.80. The summed E-state index contributed by atoms with van der Waals surface area (Å²) in [7, 11) is 2.40. The van der Waals surface area contributed by atoms with E-state index in [-0.39, 0.29) is 51.3 Å². The Morgan fingerprint density at radius 2 is 1.14 bits per heavy atom. The number of urea groups is 2. The molecule has 5 aliphatic rings. The predicted molar refractivity (Wildman–Crippen MR) is 290 cm³/mol. The molecular weight excluding hydrogens is 995 g/mol. The Bertz CT molecular complexity index is 2530. The smallest absolute Gasteiger partial charge is 0.320 e. The number of benzene rings is 2. The van der Waals surface area contributed by atoms with Crippen LogP contribution < -0.4 is 15.4 Å². The number of aliphatic hydroxyl groups is 1. The predicted octanol–water partition coefficient (Wildman–Crippen LogP) is 8.64. The minimum absolute atomic E-state index is 0. The second-order valence-corrected chi connectivity index (χ2v) is 18.8. The van der Waals surface area contributed by atoms with Crippen LogP contribution >= 0.6 is 0 Å². The van der Waals surface area contributed by atoms with Crippen molar-refractivity contribution in [3.63, 3.8) is 0 Å². The molecule has 77 heavy (non-hydrogen) atoms. The molecule has 4 N–H and O–H groups in total. The van der Waals surface area contributed by atoms with Gasteiger partial charge in [0.2, 0.25) is 0 Å². The highest BCUT2D eigenvalue weighted by atomic mass is 19.1. The van der Waals surface area contributed by atoms with Gasteiger partial charge in [-0.05, 0) is 137 Å². The molecule has 422 valence electrons. The maximum atomic E-state index is 14.4. The number of nitrogens with zero attached hydrogens (tertiary/aromatic N) is 6.